The number of para-hydroxylation sites is 1. The third-order valence-corrected chi connectivity index (χ3v) is 3.77. The van der Waals surface area contributed by atoms with Crippen LogP contribution in [0.5, 0.6) is 0 Å². The molecule has 0 bridgehead atoms. The summed E-state index contributed by atoms with van der Waals surface area (Å²) in [5.41, 5.74) is 0.740. The molecule has 0 fully saturated rings. The molecule has 4 aromatic rings. The smallest absolute Gasteiger partial charge is 0.337 e. The van der Waals surface area contributed by atoms with Gasteiger partial charge in [0.1, 0.15) is 11.3 Å². The molecule has 0 saturated carbocycles. The van der Waals surface area contributed by atoms with Crippen molar-refractivity contribution >= 4 is 28.2 Å². The maximum Gasteiger partial charge on any atom is 0.416 e. The third kappa shape index (κ3) is 2.65. The van der Waals surface area contributed by atoms with Gasteiger partial charge in [-0.15, -0.1) is 0 Å². The molecule has 0 saturated heterocycles. The van der Waals surface area contributed by atoms with Gasteiger partial charge in [-0.2, -0.15) is 13.2 Å². The van der Waals surface area contributed by atoms with Gasteiger partial charge in [0.2, 0.25) is 0 Å². The molecule has 0 spiro atoms. The average Bonchev–Trinajstić information content (AvgIpc) is 3.04. The Balaban J connectivity index is 1.80. The molecule has 25 heavy (non-hydrogen) atoms. The molecule has 1 N–H and O–H groups in total. The first kappa shape index (κ1) is 15.4. The number of imidazole rings is 1. The van der Waals surface area contributed by atoms with Crippen LogP contribution in [-0.4, -0.2) is 14.4 Å². The summed E-state index contributed by atoms with van der Waals surface area (Å²) in [4.78, 5) is 8.50. The standard InChI is InChI=1S/C17H10F4N4/c18-12-2-1-3-13-14(12)25-9-8-22-16(25)15(24-13)23-11-6-4-10(5-7-11)17(19,20)21/h1-9H,(H,23,24). The van der Waals surface area contributed by atoms with Crippen LogP contribution < -0.4 is 5.32 Å². The fourth-order valence-corrected chi connectivity index (χ4v) is 2.63. The van der Waals surface area contributed by atoms with Crippen molar-refractivity contribution in [2.75, 3.05) is 5.32 Å². The fourth-order valence-electron chi connectivity index (χ4n) is 2.63. The zero-order valence-corrected chi connectivity index (χ0v) is 12.5. The van der Waals surface area contributed by atoms with Crippen LogP contribution in [0.1, 0.15) is 5.56 Å². The van der Waals surface area contributed by atoms with Crippen LogP contribution in [-0.2, 0) is 6.18 Å². The van der Waals surface area contributed by atoms with Crippen LogP contribution >= 0.6 is 0 Å². The number of benzene rings is 2. The number of hydrogen-bond donors (Lipinski definition) is 1. The molecule has 0 aliphatic rings. The van der Waals surface area contributed by atoms with Crippen molar-refractivity contribution in [3.8, 4) is 0 Å². The molecule has 2 aromatic heterocycles. The quantitative estimate of drug-likeness (QED) is 0.531. The fraction of sp³-hybridized carbons (Fsp3) is 0.0588. The highest BCUT2D eigenvalue weighted by atomic mass is 19.4. The lowest BCUT2D eigenvalue weighted by Gasteiger charge is -2.11. The highest BCUT2D eigenvalue weighted by molar-refractivity contribution is 5.84. The molecule has 4 nitrogen and oxygen atoms in total. The van der Waals surface area contributed by atoms with Crippen LogP contribution in [0.15, 0.2) is 54.9 Å². The zero-order chi connectivity index (χ0) is 17.6. The number of rotatable bonds is 2. The van der Waals surface area contributed by atoms with Gasteiger partial charge in [-0.1, -0.05) is 6.07 Å². The first-order chi connectivity index (χ1) is 11.9. The molecule has 0 unspecified atom stereocenters. The predicted molar refractivity (Wildman–Crippen MR) is 85.2 cm³/mol. The Kier molecular flexibility index (Phi) is 3.34. The van der Waals surface area contributed by atoms with E-state index in [1.165, 1.54) is 30.5 Å². The van der Waals surface area contributed by atoms with Gasteiger partial charge in [0.25, 0.3) is 0 Å². The maximum atomic E-state index is 14.1. The zero-order valence-electron chi connectivity index (χ0n) is 12.5. The van der Waals surface area contributed by atoms with Gasteiger partial charge in [0.05, 0.1) is 11.1 Å². The normalized spacial score (nSPS) is 12.0. The van der Waals surface area contributed by atoms with E-state index in [4.69, 9.17) is 0 Å². The SMILES string of the molecule is Fc1cccc2nc(Nc3ccc(C(F)(F)F)cc3)c3nccn3c12. The highest BCUT2D eigenvalue weighted by Crippen LogP contribution is 2.31. The molecule has 4 rings (SSSR count). The summed E-state index contributed by atoms with van der Waals surface area (Å²) in [6.45, 7) is 0. The maximum absolute atomic E-state index is 14.1. The van der Waals surface area contributed by atoms with Crippen molar-refractivity contribution < 1.29 is 17.6 Å². The lowest BCUT2D eigenvalue weighted by molar-refractivity contribution is -0.137. The second kappa shape index (κ2) is 5.44. The summed E-state index contributed by atoms with van der Waals surface area (Å²) >= 11 is 0. The van der Waals surface area contributed by atoms with E-state index in [0.29, 0.717) is 22.7 Å². The molecule has 2 aromatic carbocycles. The van der Waals surface area contributed by atoms with Gasteiger partial charge in [0, 0.05) is 18.1 Å². The van der Waals surface area contributed by atoms with E-state index in [-0.39, 0.29) is 5.52 Å². The Morgan fingerprint density at radius 3 is 2.48 bits per heavy atom. The molecule has 126 valence electrons. The van der Waals surface area contributed by atoms with Crippen molar-refractivity contribution in [1.29, 1.82) is 0 Å². The minimum Gasteiger partial charge on any atom is -0.337 e. The summed E-state index contributed by atoms with van der Waals surface area (Å²) in [6.07, 6.45) is -1.30. The number of halogens is 4. The van der Waals surface area contributed by atoms with Crippen LogP contribution in [0, 0.1) is 5.82 Å². The third-order valence-electron chi connectivity index (χ3n) is 3.77. The number of aromatic nitrogens is 3. The number of hydrogen-bond acceptors (Lipinski definition) is 3. The Morgan fingerprint density at radius 2 is 1.76 bits per heavy atom. The van der Waals surface area contributed by atoms with Crippen molar-refractivity contribution in [2.24, 2.45) is 0 Å². The molecular weight excluding hydrogens is 336 g/mol. The molecule has 0 radical (unpaired) electrons. The van der Waals surface area contributed by atoms with Gasteiger partial charge in [-0.05, 0) is 36.4 Å². The van der Waals surface area contributed by atoms with Gasteiger partial charge >= 0.3 is 6.18 Å². The molecule has 0 aliphatic carbocycles. The summed E-state index contributed by atoms with van der Waals surface area (Å²) < 4.78 is 53.6. The van der Waals surface area contributed by atoms with Crippen LogP contribution in [0.25, 0.3) is 16.7 Å². The van der Waals surface area contributed by atoms with E-state index < -0.39 is 17.6 Å². The van der Waals surface area contributed by atoms with Crippen molar-refractivity contribution in [2.45, 2.75) is 6.18 Å². The topological polar surface area (TPSA) is 42.2 Å². The Labute approximate surface area is 138 Å². The molecular formula is C17H10F4N4. The number of nitrogens with one attached hydrogen (secondary N) is 1. The minimum atomic E-state index is -4.40. The second-order valence-corrected chi connectivity index (χ2v) is 5.39. The summed E-state index contributed by atoms with van der Waals surface area (Å²) in [7, 11) is 0. The van der Waals surface area contributed by atoms with E-state index in [0.717, 1.165) is 12.1 Å². The highest BCUT2D eigenvalue weighted by Gasteiger charge is 2.30. The first-order valence-corrected chi connectivity index (χ1v) is 7.29. The van der Waals surface area contributed by atoms with E-state index in [2.05, 4.69) is 15.3 Å². The molecule has 0 atom stereocenters. The lowest BCUT2D eigenvalue weighted by Crippen LogP contribution is -2.05. The molecule has 2 heterocycles. The van der Waals surface area contributed by atoms with Crippen molar-refractivity contribution in [3.63, 3.8) is 0 Å². The van der Waals surface area contributed by atoms with Crippen molar-refractivity contribution in [3.05, 3.63) is 66.2 Å². The summed E-state index contributed by atoms with van der Waals surface area (Å²) in [6, 6.07) is 9.08. The molecule has 0 amide bonds. The van der Waals surface area contributed by atoms with Gasteiger partial charge < -0.3 is 5.32 Å². The van der Waals surface area contributed by atoms with Gasteiger partial charge in [-0.3, -0.25) is 4.40 Å². The predicted octanol–water partition coefficient (Wildman–Crippen LogP) is 4.78. The average molecular weight is 346 g/mol. The monoisotopic (exact) mass is 346 g/mol. The summed E-state index contributed by atoms with van der Waals surface area (Å²) in [5.74, 6) is -0.114. The second-order valence-electron chi connectivity index (χ2n) is 5.39. The number of nitrogens with zero attached hydrogens (tertiary/aromatic N) is 3. The van der Waals surface area contributed by atoms with E-state index in [9.17, 15) is 17.6 Å². The van der Waals surface area contributed by atoms with Gasteiger partial charge in [-0.25, -0.2) is 14.4 Å². The van der Waals surface area contributed by atoms with E-state index >= 15 is 0 Å². The van der Waals surface area contributed by atoms with Crippen LogP contribution in [0.4, 0.5) is 29.1 Å². The number of fused-ring (bicyclic) bond motifs is 3. The van der Waals surface area contributed by atoms with E-state index in [1.807, 2.05) is 0 Å². The summed E-state index contributed by atoms with van der Waals surface area (Å²) in [5, 5.41) is 2.94. The first-order valence-electron chi connectivity index (χ1n) is 7.29. The number of anilines is 2. The largest absolute Gasteiger partial charge is 0.416 e. The lowest BCUT2D eigenvalue weighted by atomic mass is 10.2. The Morgan fingerprint density at radius 1 is 1.00 bits per heavy atom. The molecule has 0 aliphatic heterocycles. The minimum absolute atomic E-state index is 0.285. The van der Waals surface area contributed by atoms with Crippen LogP contribution in [0.3, 0.4) is 0 Å². The van der Waals surface area contributed by atoms with Crippen LogP contribution in [0.2, 0.25) is 0 Å². The van der Waals surface area contributed by atoms with Crippen molar-refractivity contribution in [1.82, 2.24) is 14.4 Å². The van der Waals surface area contributed by atoms with Gasteiger partial charge in [0.15, 0.2) is 11.5 Å². The molecule has 8 heteroatoms. The van der Waals surface area contributed by atoms with E-state index in [1.54, 1.807) is 16.7 Å². The number of alkyl halides is 3. The Hall–Kier alpha value is -3.16. The Bertz CT molecular complexity index is 1070.